The lowest BCUT2D eigenvalue weighted by atomic mass is 10.2. The maximum absolute atomic E-state index is 12.5. The summed E-state index contributed by atoms with van der Waals surface area (Å²) in [5.41, 5.74) is 0. The molecule has 6 heteroatoms. The number of hydrogen-bond donors (Lipinski definition) is 1. The summed E-state index contributed by atoms with van der Waals surface area (Å²) in [4.78, 5) is 3.79. The standard InChI is InChI=1S/C14H28F2N2O2/c1-4-5-17(10-14(15)16)8-13(19)9-18-6-11(2)20-12(3)7-18/h11-14,19H,4-10H2,1-3H3. The molecule has 0 aromatic carbocycles. The van der Waals surface area contributed by atoms with Crippen LogP contribution in [0, 0.1) is 0 Å². The molecule has 0 aromatic heterocycles. The van der Waals surface area contributed by atoms with Crippen LogP contribution < -0.4 is 0 Å². The van der Waals surface area contributed by atoms with Crippen LogP contribution in [0.25, 0.3) is 0 Å². The first-order valence-corrected chi connectivity index (χ1v) is 7.47. The Morgan fingerprint density at radius 3 is 2.35 bits per heavy atom. The molecule has 3 atom stereocenters. The van der Waals surface area contributed by atoms with Gasteiger partial charge in [0.2, 0.25) is 0 Å². The van der Waals surface area contributed by atoms with Crippen LogP contribution in [-0.4, -0.2) is 78.9 Å². The SMILES string of the molecule is CCCN(CC(F)F)CC(O)CN1CC(C)OC(C)C1. The van der Waals surface area contributed by atoms with Crippen molar-refractivity contribution in [3.63, 3.8) is 0 Å². The van der Waals surface area contributed by atoms with Gasteiger partial charge in [-0.3, -0.25) is 9.80 Å². The molecular formula is C14H28F2N2O2. The van der Waals surface area contributed by atoms with E-state index in [1.165, 1.54) is 0 Å². The van der Waals surface area contributed by atoms with E-state index in [1.54, 1.807) is 4.90 Å². The van der Waals surface area contributed by atoms with Gasteiger partial charge in [-0.2, -0.15) is 0 Å². The van der Waals surface area contributed by atoms with Crippen LogP contribution in [0.15, 0.2) is 0 Å². The molecule has 1 saturated heterocycles. The van der Waals surface area contributed by atoms with Crippen LogP contribution in [0.5, 0.6) is 0 Å². The molecule has 1 fully saturated rings. The van der Waals surface area contributed by atoms with E-state index in [4.69, 9.17) is 4.74 Å². The van der Waals surface area contributed by atoms with Crippen LogP contribution in [0.1, 0.15) is 27.2 Å². The van der Waals surface area contributed by atoms with Crippen LogP contribution in [0.2, 0.25) is 0 Å². The number of halogens is 2. The summed E-state index contributed by atoms with van der Waals surface area (Å²) >= 11 is 0. The molecule has 1 aliphatic heterocycles. The number of rotatable bonds is 8. The molecule has 0 aromatic rings. The molecule has 0 aliphatic carbocycles. The number of morpholine rings is 1. The van der Waals surface area contributed by atoms with Crippen molar-refractivity contribution in [2.24, 2.45) is 0 Å². The highest BCUT2D eigenvalue weighted by atomic mass is 19.3. The summed E-state index contributed by atoms with van der Waals surface area (Å²) in [5, 5.41) is 10.1. The van der Waals surface area contributed by atoms with Crippen LogP contribution in [0.3, 0.4) is 0 Å². The molecule has 20 heavy (non-hydrogen) atoms. The zero-order valence-electron chi connectivity index (χ0n) is 12.8. The van der Waals surface area contributed by atoms with Gasteiger partial charge in [-0.15, -0.1) is 0 Å². The summed E-state index contributed by atoms with van der Waals surface area (Å²) < 4.78 is 30.6. The third-order valence-electron chi connectivity index (χ3n) is 3.37. The number of aliphatic hydroxyl groups is 1. The van der Waals surface area contributed by atoms with Crippen molar-refractivity contribution >= 4 is 0 Å². The van der Waals surface area contributed by atoms with Crippen molar-refractivity contribution in [3.8, 4) is 0 Å². The van der Waals surface area contributed by atoms with Gasteiger partial charge >= 0.3 is 0 Å². The minimum absolute atomic E-state index is 0.152. The number of ether oxygens (including phenoxy) is 1. The van der Waals surface area contributed by atoms with Gasteiger partial charge in [0.1, 0.15) is 0 Å². The maximum atomic E-state index is 12.5. The predicted molar refractivity (Wildman–Crippen MR) is 75.2 cm³/mol. The monoisotopic (exact) mass is 294 g/mol. The Labute approximate surface area is 120 Å². The summed E-state index contributed by atoms with van der Waals surface area (Å²) in [6.45, 7) is 8.69. The van der Waals surface area contributed by atoms with Gasteiger partial charge in [-0.25, -0.2) is 8.78 Å². The van der Waals surface area contributed by atoms with E-state index in [0.717, 1.165) is 19.5 Å². The minimum Gasteiger partial charge on any atom is -0.390 e. The lowest BCUT2D eigenvalue weighted by Gasteiger charge is -2.37. The quantitative estimate of drug-likeness (QED) is 0.735. The Bertz CT molecular complexity index is 253. The van der Waals surface area contributed by atoms with Crippen molar-refractivity contribution < 1.29 is 18.6 Å². The fourth-order valence-electron chi connectivity index (χ4n) is 2.86. The third kappa shape index (κ3) is 6.92. The van der Waals surface area contributed by atoms with Crippen molar-refractivity contribution in [2.75, 3.05) is 39.3 Å². The Morgan fingerprint density at radius 1 is 1.25 bits per heavy atom. The number of hydrogen-bond acceptors (Lipinski definition) is 4. The molecule has 0 amide bonds. The predicted octanol–water partition coefficient (Wildman–Crippen LogP) is 1.43. The number of nitrogens with zero attached hydrogens (tertiary/aromatic N) is 2. The molecule has 0 saturated carbocycles. The fourth-order valence-corrected chi connectivity index (χ4v) is 2.86. The lowest BCUT2D eigenvalue weighted by molar-refractivity contribution is -0.0785. The number of alkyl halides is 2. The second kappa shape index (κ2) is 8.87. The second-order valence-electron chi connectivity index (χ2n) is 5.78. The molecule has 3 unspecified atom stereocenters. The van der Waals surface area contributed by atoms with Crippen LogP contribution in [-0.2, 0) is 4.74 Å². The first kappa shape index (κ1) is 17.8. The highest BCUT2D eigenvalue weighted by Crippen LogP contribution is 2.11. The lowest BCUT2D eigenvalue weighted by Crippen LogP contribution is -2.50. The Kier molecular flexibility index (Phi) is 7.87. The van der Waals surface area contributed by atoms with Crippen molar-refractivity contribution in [2.45, 2.75) is 51.9 Å². The van der Waals surface area contributed by atoms with Crippen molar-refractivity contribution in [1.29, 1.82) is 0 Å². The molecule has 4 nitrogen and oxygen atoms in total. The van der Waals surface area contributed by atoms with Gasteiger partial charge in [-0.05, 0) is 26.8 Å². The van der Waals surface area contributed by atoms with Gasteiger partial charge in [0.15, 0.2) is 0 Å². The van der Waals surface area contributed by atoms with E-state index in [-0.39, 0.29) is 18.8 Å². The van der Waals surface area contributed by atoms with Crippen molar-refractivity contribution in [3.05, 3.63) is 0 Å². The average molecular weight is 294 g/mol. The summed E-state index contributed by atoms with van der Waals surface area (Å²) in [5.74, 6) is 0. The van der Waals surface area contributed by atoms with Gasteiger partial charge in [-0.1, -0.05) is 6.92 Å². The van der Waals surface area contributed by atoms with E-state index < -0.39 is 12.5 Å². The van der Waals surface area contributed by atoms with E-state index in [2.05, 4.69) is 4.90 Å². The number of β-amino-alcohol motifs (C(OH)–C–C–N with tert-alkyl or cyclic N) is 1. The molecular weight excluding hydrogens is 266 g/mol. The summed E-state index contributed by atoms with van der Waals surface area (Å²) in [7, 11) is 0. The minimum atomic E-state index is -2.35. The van der Waals surface area contributed by atoms with Crippen LogP contribution >= 0.6 is 0 Å². The Hall–Kier alpha value is -0.300. The Morgan fingerprint density at radius 2 is 1.85 bits per heavy atom. The normalized spacial score (nSPS) is 26.4. The largest absolute Gasteiger partial charge is 0.390 e. The van der Waals surface area contributed by atoms with E-state index in [0.29, 0.717) is 19.6 Å². The van der Waals surface area contributed by atoms with E-state index >= 15 is 0 Å². The van der Waals surface area contributed by atoms with E-state index in [9.17, 15) is 13.9 Å². The summed E-state index contributed by atoms with van der Waals surface area (Å²) in [6, 6.07) is 0. The highest BCUT2D eigenvalue weighted by Gasteiger charge is 2.24. The Balaban J connectivity index is 2.38. The zero-order chi connectivity index (χ0) is 15.1. The van der Waals surface area contributed by atoms with Gasteiger partial charge in [0.25, 0.3) is 6.43 Å². The highest BCUT2D eigenvalue weighted by molar-refractivity contribution is 4.77. The first-order chi connectivity index (χ1) is 9.40. The average Bonchev–Trinajstić information content (AvgIpc) is 2.26. The van der Waals surface area contributed by atoms with E-state index in [1.807, 2.05) is 20.8 Å². The topological polar surface area (TPSA) is 35.9 Å². The molecule has 0 spiro atoms. The number of aliphatic hydroxyl groups excluding tert-OH is 1. The van der Waals surface area contributed by atoms with Gasteiger partial charge in [0.05, 0.1) is 24.9 Å². The summed E-state index contributed by atoms with van der Waals surface area (Å²) in [6.07, 6.45) is -1.84. The molecule has 120 valence electrons. The second-order valence-corrected chi connectivity index (χ2v) is 5.78. The fraction of sp³-hybridized carbons (Fsp3) is 1.00. The molecule has 1 rings (SSSR count). The smallest absolute Gasteiger partial charge is 0.251 e. The van der Waals surface area contributed by atoms with Gasteiger partial charge < -0.3 is 9.84 Å². The van der Waals surface area contributed by atoms with Crippen LogP contribution in [0.4, 0.5) is 8.78 Å². The molecule has 1 aliphatic rings. The first-order valence-electron chi connectivity index (χ1n) is 7.47. The van der Waals surface area contributed by atoms with Crippen molar-refractivity contribution in [1.82, 2.24) is 9.80 Å². The molecule has 1 N–H and O–H groups in total. The molecule has 1 heterocycles. The maximum Gasteiger partial charge on any atom is 0.251 e. The third-order valence-corrected chi connectivity index (χ3v) is 3.37. The molecule has 0 radical (unpaired) electrons. The van der Waals surface area contributed by atoms with Gasteiger partial charge in [0, 0.05) is 26.2 Å². The zero-order valence-corrected chi connectivity index (χ0v) is 12.8. The molecule has 0 bridgehead atoms.